The van der Waals surface area contributed by atoms with Gasteiger partial charge in [0.2, 0.25) is 0 Å². The molecular weight excluding hydrogens is 308 g/mol. The van der Waals surface area contributed by atoms with E-state index >= 15 is 0 Å². The summed E-state index contributed by atoms with van der Waals surface area (Å²) in [5.41, 5.74) is 2.57. The van der Waals surface area contributed by atoms with Gasteiger partial charge in [-0.3, -0.25) is 4.79 Å². The highest BCUT2D eigenvalue weighted by Gasteiger charge is 2.17. The van der Waals surface area contributed by atoms with Crippen LogP contribution in [0.1, 0.15) is 19.9 Å². The number of thiazole rings is 1. The molecule has 0 spiro atoms. The van der Waals surface area contributed by atoms with Gasteiger partial charge in [-0.05, 0) is 19.9 Å². The van der Waals surface area contributed by atoms with Gasteiger partial charge in [-0.2, -0.15) is 5.10 Å². The summed E-state index contributed by atoms with van der Waals surface area (Å²) in [7, 11) is 1.85. The van der Waals surface area contributed by atoms with E-state index in [-0.39, 0.29) is 11.6 Å². The Morgan fingerprint density at radius 1 is 1.13 bits per heavy atom. The number of anilines is 1. The number of rotatable bonds is 4. The summed E-state index contributed by atoms with van der Waals surface area (Å²) in [5.74, 6) is 0. The minimum Gasteiger partial charge on any atom is -0.365 e. The van der Waals surface area contributed by atoms with E-state index in [2.05, 4.69) is 15.4 Å². The van der Waals surface area contributed by atoms with E-state index in [1.165, 1.54) is 16.0 Å². The number of nitrogens with zero attached hydrogens (tertiary/aromatic N) is 3. The molecule has 0 saturated carbocycles. The fourth-order valence-corrected chi connectivity index (χ4v) is 3.21. The molecule has 0 aliphatic rings. The highest BCUT2D eigenvalue weighted by atomic mass is 32.1. The average Bonchev–Trinajstić information content (AvgIpc) is 3.00. The van der Waals surface area contributed by atoms with Crippen molar-refractivity contribution in [3.05, 3.63) is 52.8 Å². The van der Waals surface area contributed by atoms with Crippen LogP contribution < -0.4 is 10.9 Å². The molecule has 23 heavy (non-hydrogen) atoms. The largest absolute Gasteiger partial charge is 0.365 e. The van der Waals surface area contributed by atoms with Crippen molar-refractivity contribution >= 4 is 16.5 Å². The minimum atomic E-state index is -0.0941. The summed E-state index contributed by atoms with van der Waals surface area (Å²) in [4.78, 5) is 17.5. The van der Waals surface area contributed by atoms with Crippen molar-refractivity contribution in [1.29, 1.82) is 0 Å². The summed E-state index contributed by atoms with van der Waals surface area (Å²) in [6.07, 6.45) is 0. The molecule has 0 amide bonds. The number of hydrogen-bond donors (Lipinski definition) is 1. The Morgan fingerprint density at radius 2 is 1.87 bits per heavy atom. The lowest BCUT2D eigenvalue weighted by atomic mass is 10.1. The van der Waals surface area contributed by atoms with Crippen LogP contribution in [0.5, 0.6) is 0 Å². The zero-order chi connectivity index (χ0) is 16.4. The topological polar surface area (TPSA) is 59.8 Å². The molecule has 3 aromatic rings. The normalized spacial score (nSPS) is 11.0. The lowest BCUT2D eigenvalue weighted by molar-refractivity contribution is 0.505. The van der Waals surface area contributed by atoms with Crippen LogP contribution in [0.2, 0.25) is 0 Å². The summed E-state index contributed by atoms with van der Waals surface area (Å²) < 4.78 is 1.50. The van der Waals surface area contributed by atoms with Gasteiger partial charge in [0.1, 0.15) is 5.69 Å². The molecule has 0 saturated heterocycles. The molecule has 0 aliphatic carbocycles. The van der Waals surface area contributed by atoms with Crippen molar-refractivity contribution in [3.63, 3.8) is 0 Å². The van der Waals surface area contributed by atoms with Gasteiger partial charge >= 0.3 is 0 Å². The van der Waals surface area contributed by atoms with Gasteiger partial charge in [-0.1, -0.05) is 41.7 Å². The fraction of sp³-hybridized carbons (Fsp3) is 0.235. The Bertz CT molecular complexity index is 868. The Labute approximate surface area is 138 Å². The van der Waals surface area contributed by atoms with Gasteiger partial charge in [0.25, 0.3) is 5.56 Å². The lowest BCUT2D eigenvalue weighted by Gasteiger charge is -2.09. The van der Waals surface area contributed by atoms with Crippen LogP contribution in [0.3, 0.4) is 0 Å². The molecule has 0 bridgehead atoms. The highest BCUT2D eigenvalue weighted by molar-refractivity contribution is 7.19. The second-order valence-corrected chi connectivity index (χ2v) is 6.41. The predicted octanol–water partition coefficient (Wildman–Crippen LogP) is 3.66. The second kappa shape index (κ2) is 6.34. The number of nitrogens with one attached hydrogen (secondary N) is 1. The van der Waals surface area contributed by atoms with Crippen molar-refractivity contribution < 1.29 is 0 Å². The fourth-order valence-electron chi connectivity index (χ4n) is 2.31. The van der Waals surface area contributed by atoms with Crippen LogP contribution in [0.4, 0.5) is 5.13 Å². The third-order valence-corrected chi connectivity index (χ3v) is 4.53. The van der Waals surface area contributed by atoms with Gasteiger partial charge in [0, 0.05) is 18.7 Å². The predicted molar refractivity (Wildman–Crippen MR) is 95.0 cm³/mol. The van der Waals surface area contributed by atoms with E-state index < -0.39 is 0 Å². The van der Waals surface area contributed by atoms with Crippen LogP contribution >= 0.6 is 11.3 Å². The number of benzene rings is 1. The average molecular weight is 326 g/mol. The molecule has 0 fully saturated rings. The van der Waals surface area contributed by atoms with E-state index in [4.69, 9.17) is 0 Å². The number of aromatic nitrogens is 3. The summed E-state index contributed by atoms with van der Waals surface area (Å²) in [5, 5.41) is 8.43. The molecule has 1 aromatic carbocycles. The SMILES string of the molecule is CNc1nc(-c2ccccc2)c(-c2ccc(=O)n(C(C)C)n2)s1. The van der Waals surface area contributed by atoms with Gasteiger partial charge in [0.05, 0.1) is 16.6 Å². The van der Waals surface area contributed by atoms with Crippen molar-refractivity contribution in [2.24, 2.45) is 0 Å². The lowest BCUT2D eigenvalue weighted by Crippen LogP contribution is -2.23. The van der Waals surface area contributed by atoms with Crippen LogP contribution in [0.15, 0.2) is 47.3 Å². The second-order valence-electron chi connectivity index (χ2n) is 5.41. The maximum Gasteiger partial charge on any atom is 0.267 e. The maximum absolute atomic E-state index is 11.9. The van der Waals surface area contributed by atoms with Crippen LogP contribution in [0, 0.1) is 0 Å². The Hall–Kier alpha value is -2.47. The minimum absolute atomic E-state index is 0.0133. The standard InChI is InChI=1S/C17H18N4OS/c1-11(2)21-14(22)10-9-13(20-21)16-15(19-17(18-3)23-16)12-7-5-4-6-8-12/h4-11H,1-3H3,(H,18,19). The molecule has 0 unspecified atom stereocenters. The first-order chi connectivity index (χ1) is 11.1. The molecule has 5 nitrogen and oxygen atoms in total. The van der Waals surface area contributed by atoms with Gasteiger partial charge in [-0.25, -0.2) is 9.67 Å². The van der Waals surface area contributed by atoms with Gasteiger partial charge in [0.15, 0.2) is 5.13 Å². The molecule has 118 valence electrons. The van der Waals surface area contributed by atoms with Crippen LogP contribution in [-0.4, -0.2) is 21.8 Å². The number of hydrogen-bond acceptors (Lipinski definition) is 5. The first-order valence-electron chi connectivity index (χ1n) is 7.44. The summed E-state index contributed by atoms with van der Waals surface area (Å²) in [6, 6.07) is 13.3. The molecule has 0 radical (unpaired) electrons. The molecule has 3 rings (SSSR count). The van der Waals surface area contributed by atoms with E-state index in [9.17, 15) is 4.79 Å². The zero-order valence-electron chi connectivity index (χ0n) is 13.3. The van der Waals surface area contributed by atoms with Crippen molar-refractivity contribution in [3.8, 4) is 21.8 Å². The van der Waals surface area contributed by atoms with Crippen LogP contribution in [0.25, 0.3) is 21.8 Å². The summed E-state index contributed by atoms with van der Waals surface area (Å²) in [6.45, 7) is 3.89. The molecule has 0 atom stereocenters. The molecular formula is C17H18N4OS. The third-order valence-electron chi connectivity index (χ3n) is 3.44. The Kier molecular flexibility index (Phi) is 4.25. The molecule has 1 N–H and O–H groups in total. The van der Waals surface area contributed by atoms with Crippen molar-refractivity contribution in [2.75, 3.05) is 12.4 Å². The quantitative estimate of drug-likeness (QED) is 0.795. The third kappa shape index (κ3) is 3.03. The Balaban J connectivity index is 2.19. The molecule has 2 aromatic heterocycles. The van der Waals surface area contributed by atoms with Gasteiger partial charge < -0.3 is 5.32 Å². The van der Waals surface area contributed by atoms with Crippen molar-refractivity contribution in [2.45, 2.75) is 19.9 Å². The first-order valence-corrected chi connectivity index (χ1v) is 8.26. The molecule has 6 heteroatoms. The van der Waals surface area contributed by atoms with Crippen molar-refractivity contribution in [1.82, 2.24) is 14.8 Å². The monoisotopic (exact) mass is 326 g/mol. The van der Waals surface area contributed by atoms with Crippen LogP contribution in [-0.2, 0) is 0 Å². The summed E-state index contributed by atoms with van der Waals surface area (Å²) >= 11 is 1.53. The molecule has 2 heterocycles. The van der Waals surface area contributed by atoms with E-state index in [1.807, 2.05) is 51.2 Å². The van der Waals surface area contributed by atoms with E-state index in [0.29, 0.717) is 0 Å². The van der Waals surface area contributed by atoms with E-state index in [0.717, 1.165) is 27.0 Å². The van der Waals surface area contributed by atoms with E-state index in [1.54, 1.807) is 12.1 Å². The molecule has 0 aliphatic heterocycles. The first kappa shape index (κ1) is 15.4. The highest BCUT2D eigenvalue weighted by Crippen LogP contribution is 2.37. The Morgan fingerprint density at radius 3 is 2.52 bits per heavy atom. The maximum atomic E-state index is 11.9. The van der Waals surface area contributed by atoms with Gasteiger partial charge in [-0.15, -0.1) is 0 Å². The zero-order valence-corrected chi connectivity index (χ0v) is 14.1. The smallest absolute Gasteiger partial charge is 0.267 e.